The molecule has 2 rings (SSSR count). The molecule has 0 aliphatic carbocycles. The normalized spacial score (nSPS) is 24.5. The highest BCUT2D eigenvalue weighted by molar-refractivity contribution is 7.91. The molecular formula is C13H20N2O2S. The smallest absolute Gasteiger partial charge is 0.178 e. The van der Waals surface area contributed by atoms with E-state index in [-0.39, 0.29) is 11.8 Å². The van der Waals surface area contributed by atoms with Crippen LogP contribution in [0.3, 0.4) is 0 Å². The van der Waals surface area contributed by atoms with Crippen LogP contribution in [0.4, 0.5) is 5.69 Å². The quantitative estimate of drug-likeness (QED) is 0.900. The van der Waals surface area contributed by atoms with Crippen LogP contribution >= 0.6 is 0 Å². The maximum Gasteiger partial charge on any atom is 0.178 e. The van der Waals surface area contributed by atoms with Gasteiger partial charge in [0.05, 0.1) is 10.6 Å². The Labute approximate surface area is 109 Å². The molecule has 2 unspecified atom stereocenters. The summed E-state index contributed by atoms with van der Waals surface area (Å²) >= 11 is 0. The second kappa shape index (κ2) is 4.90. The van der Waals surface area contributed by atoms with Gasteiger partial charge < -0.3 is 10.6 Å². The summed E-state index contributed by atoms with van der Waals surface area (Å²) in [6.45, 7) is 4.70. The number of nitrogens with two attached hydrogens (primary N) is 1. The minimum absolute atomic E-state index is 0.136. The molecular weight excluding hydrogens is 248 g/mol. The maximum absolute atomic E-state index is 11.7. The van der Waals surface area contributed by atoms with Crippen LogP contribution in [0.5, 0.6) is 0 Å². The summed E-state index contributed by atoms with van der Waals surface area (Å²) in [5.74, 6) is 0.136. The summed E-state index contributed by atoms with van der Waals surface area (Å²) in [6, 6.07) is 7.62. The molecule has 100 valence electrons. The van der Waals surface area contributed by atoms with E-state index < -0.39 is 9.84 Å². The summed E-state index contributed by atoms with van der Waals surface area (Å²) < 4.78 is 23.4. The molecule has 2 N–H and O–H groups in total. The van der Waals surface area contributed by atoms with Crippen LogP contribution in [0.1, 0.15) is 20.3 Å². The van der Waals surface area contributed by atoms with Gasteiger partial charge in [-0.3, -0.25) is 0 Å². The summed E-state index contributed by atoms with van der Waals surface area (Å²) in [4.78, 5) is 2.62. The average molecular weight is 268 g/mol. The van der Waals surface area contributed by atoms with Gasteiger partial charge in [0.25, 0.3) is 0 Å². The molecule has 1 saturated heterocycles. The average Bonchev–Trinajstić information content (AvgIpc) is 2.70. The molecule has 4 nitrogen and oxygen atoms in total. The third-order valence-electron chi connectivity index (χ3n) is 3.72. The predicted molar refractivity (Wildman–Crippen MR) is 73.6 cm³/mol. The molecule has 1 aliphatic rings. The van der Waals surface area contributed by atoms with E-state index in [1.807, 2.05) is 12.1 Å². The minimum Gasteiger partial charge on any atom is -0.367 e. The summed E-state index contributed by atoms with van der Waals surface area (Å²) in [6.07, 6.45) is 0.982. The lowest BCUT2D eigenvalue weighted by Crippen LogP contribution is -2.36. The first kappa shape index (κ1) is 13.4. The molecule has 0 amide bonds. The van der Waals surface area contributed by atoms with Crippen molar-refractivity contribution in [2.45, 2.75) is 37.2 Å². The zero-order valence-electron chi connectivity index (χ0n) is 10.8. The maximum atomic E-state index is 11.7. The standard InChI is InChI=1S/C13H20N2O2S/c1-3-18(16,17)12-6-4-11(5-7-12)15-9-8-13(14)10(15)2/h4-7,10,13H,3,8-9,14H2,1-2H3. The molecule has 0 aromatic heterocycles. The Balaban J connectivity index is 2.24. The van der Waals surface area contributed by atoms with Crippen LogP contribution in [-0.4, -0.2) is 32.8 Å². The van der Waals surface area contributed by atoms with Gasteiger partial charge in [-0.05, 0) is 37.6 Å². The first-order valence-corrected chi connectivity index (χ1v) is 7.96. The van der Waals surface area contributed by atoms with Crippen LogP contribution < -0.4 is 10.6 Å². The predicted octanol–water partition coefficient (Wildman–Crippen LogP) is 1.41. The molecule has 0 spiro atoms. The van der Waals surface area contributed by atoms with Gasteiger partial charge in [-0.15, -0.1) is 0 Å². The zero-order valence-corrected chi connectivity index (χ0v) is 11.7. The van der Waals surface area contributed by atoms with Gasteiger partial charge in [-0.25, -0.2) is 8.42 Å². The lowest BCUT2D eigenvalue weighted by Gasteiger charge is -2.25. The number of rotatable bonds is 3. The van der Waals surface area contributed by atoms with Gasteiger partial charge in [-0.1, -0.05) is 6.92 Å². The minimum atomic E-state index is -3.11. The summed E-state index contributed by atoms with van der Waals surface area (Å²) in [7, 11) is -3.11. The van der Waals surface area contributed by atoms with Gasteiger partial charge in [0.15, 0.2) is 9.84 Å². The molecule has 0 radical (unpaired) electrons. The van der Waals surface area contributed by atoms with Crippen molar-refractivity contribution in [1.29, 1.82) is 0 Å². The van der Waals surface area contributed by atoms with Crippen molar-refractivity contribution < 1.29 is 8.42 Å². The van der Waals surface area contributed by atoms with E-state index in [0.717, 1.165) is 18.7 Å². The van der Waals surface area contributed by atoms with E-state index in [1.54, 1.807) is 19.1 Å². The second-order valence-electron chi connectivity index (χ2n) is 4.78. The fourth-order valence-corrected chi connectivity index (χ4v) is 3.22. The molecule has 2 atom stereocenters. The van der Waals surface area contributed by atoms with Crippen molar-refractivity contribution in [2.24, 2.45) is 5.73 Å². The summed E-state index contributed by atoms with van der Waals surface area (Å²) in [5.41, 5.74) is 7.04. The van der Waals surface area contributed by atoms with Crippen LogP contribution in [0.2, 0.25) is 0 Å². The lowest BCUT2D eigenvalue weighted by atomic mass is 10.1. The number of anilines is 1. The Morgan fingerprint density at radius 3 is 2.39 bits per heavy atom. The number of hydrogen-bond acceptors (Lipinski definition) is 4. The molecule has 18 heavy (non-hydrogen) atoms. The van der Waals surface area contributed by atoms with E-state index in [0.29, 0.717) is 10.9 Å². The van der Waals surface area contributed by atoms with E-state index >= 15 is 0 Å². The fraction of sp³-hybridized carbons (Fsp3) is 0.538. The molecule has 1 fully saturated rings. The number of sulfone groups is 1. The Kier molecular flexibility index (Phi) is 3.64. The SMILES string of the molecule is CCS(=O)(=O)c1ccc(N2CCC(N)C2C)cc1. The number of nitrogens with zero attached hydrogens (tertiary/aromatic N) is 1. The third-order valence-corrected chi connectivity index (χ3v) is 5.47. The van der Waals surface area contributed by atoms with Crippen molar-refractivity contribution in [3.05, 3.63) is 24.3 Å². The fourth-order valence-electron chi connectivity index (χ4n) is 2.34. The summed E-state index contributed by atoms with van der Waals surface area (Å²) in [5, 5.41) is 0. The second-order valence-corrected chi connectivity index (χ2v) is 7.06. The number of hydrogen-bond donors (Lipinski definition) is 1. The Morgan fingerprint density at radius 2 is 1.94 bits per heavy atom. The molecule has 1 aliphatic heterocycles. The first-order valence-electron chi connectivity index (χ1n) is 6.30. The molecule has 0 bridgehead atoms. The van der Waals surface area contributed by atoms with E-state index in [4.69, 9.17) is 5.73 Å². The van der Waals surface area contributed by atoms with E-state index in [2.05, 4.69) is 11.8 Å². The Bertz CT molecular complexity index is 510. The lowest BCUT2D eigenvalue weighted by molar-refractivity contribution is 0.597. The van der Waals surface area contributed by atoms with E-state index in [9.17, 15) is 8.42 Å². The van der Waals surface area contributed by atoms with Crippen LogP contribution in [0, 0.1) is 0 Å². The van der Waals surface area contributed by atoms with Gasteiger partial charge in [0, 0.05) is 24.3 Å². The number of benzene rings is 1. The Hall–Kier alpha value is -1.07. The van der Waals surface area contributed by atoms with Crippen molar-refractivity contribution in [1.82, 2.24) is 0 Å². The van der Waals surface area contributed by atoms with Crippen LogP contribution in [0.25, 0.3) is 0 Å². The topological polar surface area (TPSA) is 63.4 Å². The molecule has 5 heteroatoms. The highest BCUT2D eigenvalue weighted by atomic mass is 32.2. The highest BCUT2D eigenvalue weighted by Gasteiger charge is 2.27. The van der Waals surface area contributed by atoms with Gasteiger partial charge >= 0.3 is 0 Å². The van der Waals surface area contributed by atoms with Crippen molar-refractivity contribution >= 4 is 15.5 Å². The molecule has 1 aromatic carbocycles. The van der Waals surface area contributed by atoms with Gasteiger partial charge in [-0.2, -0.15) is 0 Å². The van der Waals surface area contributed by atoms with Crippen molar-refractivity contribution in [3.63, 3.8) is 0 Å². The monoisotopic (exact) mass is 268 g/mol. The van der Waals surface area contributed by atoms with Crippen molar-refractivity contribution in [3.8, 4) is 0 Å². The van der Waals surface area contributed by atoms with Gasteiger partial charge in [0.2, 0.25) is 0 Å². The molecule has 0 saturated carbocycles. The Morgan fingerprint density at radius 1 is 1.33 bits per heavy atom. The van der Waals surface area contributed by atoms with E-state index in [1.165, 1.54) is 0 Å². The zero-order chi connectivity index (χ0) is 13.3. The first-order chi connectivity index (χ1) is 8.45. The van der Waals surface area contributed by atoms with Crippen LogP contribution in [0.15, 0.2) is 29.2 Å². The van der Waals surface area contributed by atoms with Gasteiger partial charge in [0.1, 0.15) is 0 Å². The van der Waals surface area contributed by atoms with Crippen LogP contribution in [-0.2, 0) is 9.84 Å². The third kappa shape index (κ3) is 2.37. The largest absolute Gasteiger partial charge is 0.367 e. The van der Waals surface area contributed by atoms with Crippen molar-refractivity contribution in [2.75, 3.05) is 17.2 Å². The highest BCUT2D eigenvalue weighted by Crippen LogP contribution is 2.26. The molecule has 1 heterocycles. The molecule has 1 aromatic rings.